The van der Waals surface area contributed by atoms with Crippen LogP contribution in [0, 0.1) is 0 Å². The van der Waals surface area contributed by atoms with E-state index in [1.54, 1.807) is 6.07 Å². The van der Waals surface area contributed by atoms with Crippen LogP contribution in [0.3, 0.4) is 0 Å². The van der Waals surface area contributed by atoms with Gasteiger partial charge in [0, 0.05) is 31.3 Å². The fourth-order valence-electron chi connectivity index (χ4n) is 2.88. The first-order valence-electron chi connectivity index (χ1n) is 9.00. The van der Waals surface area contributed by atoms with Crippen LogP contribution in [-0.4, -0.2) is 33.3 Å². The van der Waals surface area contributed by atoms with Gasteiger partial charge in [-0.3, -0.25) is 9.59 Å². The molecule has 0 bridgehead atoms. The van der Waals surface area contributed by atoms with Gasteiger partial charge < -0.3 is 10.6 Å². The molecule has 0 aromatic heterocycles. The summed E-state index contributed by atoms with van der Waals surface area (Å²) in [5.74, 6) is -0.499. The number of benzene rings is 3. The average Bonchev–Trinajstić information content (AvgIpc) is 2.70. The predicted molar refractivity (Wildman–Crippen MR) is 112 cm³/mol. The molecule has 0 aliphatic carbocycles. The third-order valence-electron chi connectivity index (χ3n) is 4.22. The van der Waals surface area contributed by atoms with E-state index in [1.165, 1.54) is 31.2 Å². The van der Waals surface area contributed by atoms with E-state index < -0.39 is 10.0 Å². The number of rotatable bonds is 7. The van der Waals surface area contributed by atoms with Gasteiger partial charge in [-0.05, 0) is 41.1 Å². The Morgan fingerprint density at radius 3 is 2.28 bits per heavy atom. The van der Waals surface area contributed by atoms with Gasteiger partial charge in [-0.25, -0.2) is 13.1 Å². The van der Waals surface area contributed by atoms with Crippen molar-refractivity contribution in [1.29, 1.82) is 0 Å². The summed E-state index contributed by atoms with van der Waals surface area (Å²) in [6.07, 6.45) is 0. The molecule has 3 aromatic carbocycles. The smallest absolute Gasteiger partial charge is 0.251 e. The first kappa shape index (κ1) is 20.5. The fraction of sp³-hybridized carbons (Fsp3) is 0.143. The molecular formula is C21H21N3O4S. The van der Waals surface area contributed by atoms with Crippen LogP contribution in [0.1, 0.15) is 17.3 Å². The Bertz CT molecular complexity index is 1140. The molecule has 0 aliphatic rings. The third-order valence-corrected chi connectivity index (χ3v) is 5.70. The van der Waals surface area contributed by atoms with Crippen molar-refractivity contribution < 1.29 is 18.0 Å². The van der Waals surface area contributed by atoms with Crippen LogP contribution in [0.2, 0.25) is 0 Å². The van der Waals surface area contributed by atoms with Gasteiger partial charge in [0.2, 0.25) is 15.9 Å². The lowest BCUT2D eigenvalue weighted by Gasteiger charge is -2.10. The van der Waals surface area contributed by atoms with Crippen molar-refractivity contribution in [1.82, 2.24) is 10.0 Å². The minimum absolute atomic E-state index is 0.0479. The van der Waals surface area contributed by atoms with Gasteiger partial charge in [-0.2, -0.15) is 0 Å². The largest absolute Gasteiger partial charge is 0.351 e. The fourth-order valence-corrected chi connectivity index (χ4v) is 3.92. The minimum Gasteiger partial charge on any atom is -0.351 e. The topological polar surface area (TPSA) is 104 Å². The Hall–Kier alpha value is -3.23. The van der Waals surface area contributed by atoms with Crippen molar-refractivity contribution in [2.24, 2.45) is 0 Å². The molecule has 3 aromatic rings. The van der Waals surface area contributed by atoms with Crippen molar-refractivity contribution in [2.45, 2.75) is 11.8 Å². The zero-order valence-electron chi connectivity index (χ0n) is 15.8. The highest BCUT2D eigenvalue weighted by molar-refractivity contribution is 7.89. The molecule has 0 heterocycles. The Morgan fingerprint density at radius 2 is 1.55 bits per heavy atom. The van der Waals surface area contributed by atoms with Gasteiger partial charge >= 0.3 is 0 Å². The van der Waals surface area contributed by atoms with Crippen molar-refractivity contribution in [3.05, 3.63) is 72.3 Å². The van der Waals surface area contributed by atoms with E-state index in [0.717, 1.165) is 10.8 Å². The Morgan fingerprint density at radius 1 is 0.862 bits per heavy atom. The normalized spacial score (nSPS) is 11.2. The number of amides is 2. The summed E-state index contributed by atoms with van der Waals surface area (Å²) in [4.78, 5) is 23.6. The number of nitrogens with one attached hydrogen (secondary N) is 3. The zero-order valence-corrected chi connectivity index (χ0v) is 16.6. The van der Waals surface area contributed by atoms with E-state index in [1.807, 2.05) is 36.4 Å². The van der Waals surface area contributed by atoms with Gasteiger partial charge in [0.05, 0.1) is 4.90 Å². The Labute approximate surface area is 169 Å². The molecule has 8 heteroatoms. The molecule has 150 valence electrons. The molecule has 3 rings (SSSR count). The van der Waals surface area contributed by atoms with Crippen molar-refractivity contribution >= 4 is 38.3 Å². The van der Waals surface area contributed by atoms with Crippen LogP contribution < -0.4 is 15.4 Å². The first-order valence-corrected chi connectivity index (χ1v) is 10.5. The number of sulfonamides is 1. The summed E-state index contributed by atoms with van der Waals surface area (Å²) in [6.45, 7) is 1.57. The number of carbonyl (C=O) groups excluding carboxylic acids is 2. The maximum absolute atomic E-state index is 12.5. The molecular weight excluding hydrogens is 390 g/mol. The van der Waals surface area contributed by atoms with Gasteiger partial charge in [0.1, 0.15) is 0 Å². The van der Waals surface area contributed by atoms with Crippen LogP contribution in [-0.2, 0) is 14.8 Å². The monoisotopic (exact) mass is 411 g/mol. The second-order valence-corrected chi connectivity index (χ2v) is 8.15. The lowest BCUT2D eigenvalue weighted by molar-refractivity contribution is -0.114. The molecule has 0 radical (unpaired) electrons. The average molecular weight is 411 g/mol. The number of hydrogen-bond acceptors (Lipinski definition) is 4. The van der Waals surface area contributed by atoms with Crippen LogP contribution in [0.4, 0.5) is 5.69 Å². The Kier molecular flexibility index (Phi) is 6.26. The highest BCUT2D eigenvalue weighted by Crippen LogP contribution is 2.18. The lowest BCUT2D eigenvalue weighted by atomic mass is 10.0. The molecule has 3 N–H and O–H groups in total. The minimum atomic E-state index is -3.72. The summed E-state index contributed by atoms with van der Waals surface area (Å²) in [6, 6.07) is 18.9. The lowest BCUT2D eigenvalue weighted by Crippen LogP contribution is -2.34. The van der Waals surface area contributed by atoms with Crippen LogP contribution in [0.5, 0.6) is 0 Å². The highest BCUT2D eigenvalue weighted by atomic mass is 32.2. The van der Waals surface area contributed by atoms with Gasteiger partial charge in [-0.1, -0.05) is 36.4 Å². The maximum Gasteiger partial charge on any atom is 0.251 e. The van der Waals surface area contributed by atoms with Crippen LogP contribution in [0.15, 0.2) is 71.6 Å². The molecule has 0 saturated carbocycles. The summed E-state index contributed by atoms with van der Waals surface area (Å²) in [5.41, 5.74) is 1.05. The second kappa shape index (κ2) is 8.85. The molecule has 0 unspecified atom stereocenters. The SMILES string of the molecule is CC(=O)Nc1ccc(S(=O)(=O)NCCNC(=O)c2cccc3ccccc23)cc1. The quantitative estimate of drug-likeness (QED) is 0.520. The number of hydrogen-bond donors (Lipinski definition) is 3. The van der Waals surface area contributed by atoms with Crippen molar-refractivity contribution in [3.63, 3.8) is 0 Å². The number of carbonyl (C=O) groups is 2. The predicted octanol–water partition coefficient (Wildman–Crippen LogP) is 2.51. The summed E-state index contributed by atoms with van der Waals surface area (Å²) in [7, 11) is -3.72. The summed E-state index contributed by atoms with van der Waals surface area (Å²) in [5, 5.41) is 7.11. The molecule has 0 spiro atoms. The zero-order chi connectivity index (χ0) is 20.9. The summed E-state index contributed by atoms with van der Waals surface area (Å²) < 4.78 is 27.1. The van der Waals surface area contributed by atoms with Gasteiger partial charge in [0.15, 0.2) is 0 Å². The van der Waals surface area contributed by atoms with Gasteiger partial charge in [0.25, 0.3) is 5.91 Å². The molecule has 0 aliphatic heterocycles. The van der Waals surface area contributed by atoms with E-state index in [4.69, 9.17) is 0 Å². The molecule has 2 amide bonds. The molecule has 0 atom stereocenters. The first-order chi connectivity index (χ1) is 13.9. The standard InChI is InChI=1S/C21H21N3O4S/c1-15(25)24-17-9-11-18(12-10-17)29(27,28)23-14-13-22-21(26)20-8-4-6-16-5-2-3-7-19(16)20/h2-12,23H,13-14H2,1H3,(H,22,26)(H,24,25). The number of anilines is 1. The molecule has 7 nitrogen and oxygen atoms in total. The molecule has 29 heavy (non-hydrogen) atoms. The van der Waals surface area contributed by atoms with E-state index in [2.05, 4.69) is 15.4 Å². The van der Waals surface area contributed by atoms with E-state index >= 15 is 0 Å². The summed E-state index contributed by atoms with van der Waals surface area (Å²) >= 11 is 0. The third kappa shape index (κ3) is 5.18. The molecule has 0 saturated heterocycles. The van der Waals surface area contributed by atoms with Crippen molar-refractivity contribution in [3.8, 4) is 0 Å². The second-order valence-electron chi connectivity index (χ2n) is 6.39. The van der Waals surface area contributed by atoms with E-state index in [9.17, 15) is 18.0 Å². The van der Waals surface area contributed by atoms with E-state index in [-0.39, 0.29) is 29.8 Å². The van der Waals surface area contributed by atoms with Crippen molar-refractivity contribution in [2.75, 3.05) is 18.4 Å². The van der Waals surface area contributed by atoms with Gasteiger partial charge in [-0.15, -0.1) is 0 Å². The Balaban J connectivity index is 1.56. The van der Waals surface area contributed by atoms with Crippen LogP contribution in [0.25, 0.3) is 10.8 Å². The maximum atomic E-state index is 12.5. The molecule has 0 fully saturated rings. The highest BCUT2D eigenvalue weighted by Gasteiger charge is 2.14. The van der Waals surface area contributed by atoms with E-state index in [0.29, 0.717) is 11.3 Å². The number of fused-ring (bicyclic) bond motifs is 1. The van der Waals surface area contributed by atoms with Crippen LogP contribution >= 0.6 is 0 Å².